The quantitative estimate of drug-likeness (QED) is 0.724. The number of pyridine rings is 1. The maximum atomic E-state index is 12.1. The summed E-state index contributed by atoms with van der Waals surface area (Å²) in [5.41, 5.74) is 5.74. The molecule has 6 nitrogen and oxygen atoms in total. The number of sulfonamides is 1. The molecule has 100 valence electrons. The highest BCUT2D eigenvalue weighted by Gasteiger charge is 2.25. The van der Waals surface area contributed by atoms with E-state index >= 15 is 0 Å². The molecule has 0 aliphatic rings. The molecule has 0 radical (unpaired) electrons. The zero-order valence-corrected chi connectivity index (χ0v) is 11.7. The van der Waals surface area contributed by atoms with Gasteiger partial charge in [0.05, 0.1) is 12.3 Å². The van der Waals surface area contributed by atoms with Gasteiger partial charge in [0.15, 0.2) is 0 Å². The first kappa shape index (κ1) is 15.0. The number of nitrogens with zero attached hydrogens (tertiary/aromatic N) is 2. The molecule has 0 saturated carbocycles. The van der Waals surface area contributed by atoms with E-state index in [-0.39, 0.29) is 16.5 Å². The van der Waals surface area contributed by atoms with Gasteiger partial charge in [0.25, 0.3) is 0 Å². The van der Waals surface area contributed by atoms with Crippen LogP contribution in [0.2, 0.25) is 0 Å². The van der Waals surface area contributed by atoms with Gasteiger partial charge in [0.1, 0.15) is 9.88 Å². The van der Waals surface area contributed by atoms with Crippen molar-refractivity contribution >= 4 is 27.2 Å². The molecule has 1 unspecified atom stereocenters. The molecule has 0 saturated heterocycles. The molecule has 0 fully saturated rings. The lowest BCUT2D eigenvalue weighted by molar-refractivity contribution is 0.214. The molecule has 1 heterocycles. The Hall–Kier alpha value is -1.09. The Bertz CT molecular complexity index is 528. The minimum absolute atomic E-state index is 0.0327. The number of aliphatic hydroxyl groups is 1. The van der Waals surface area contributed by atoms with Gasteiger partial charge >= 0.3 is 0 Å². The van der Waals surface area contributed by atoms with Gasteiger partial charge in [0, 0.05) is 19.3 Å². The summed E-state index contributed by atoms with van der Waals surface area (Å²) < 4.78 is 25.3. The first-order chi connectivity index (χ1) is 8.30. The van der Waals surface area contributed by atoms with Crippen LogP contribution in [-0.2, 0) is 10.0 Å². The van der Waals surface area contributed by atoms with Crippen molar-refractivity contribution in [1.82, 2.24) is 9.29 Å². The van der Waals surface area contributed by atoms with E-state index in [0.717, 1.165) is 4.31 Å². The molecule has 18 heavy (non-hydrogen) atoms. The van der Waals surface area contributed by atoms with Crippen molar-refractivity contribution in [2.45, 2.75) is 17.9 Å². The highest BCUT2D eigenvalue weighted by atomic mass is 32.2. The average Bonchev–Trinajstić information content (AvgIpc) is 2.36. The van der Waals surface area contributed by atoms with Gasteiger partial charge in [-0.3, -0.25) is 4.98 Å². The lowest BCUT2D eigenvalue weighted by atomic mass is 10.3. The van der Waals surface area contributed by atoms with Crippen LogP contribution in [0.5, 0.6) is 0 Å². The van der Waals surface area contributed by atoms with Gasteiger partial charge in [-0.25, -0.2) is 8.42 Å². The summed E-state index contributed by atoms with van der Waals surface area (Å²) in [6.45, 7) is 1.35. The number of aromatic nitrogens is 1. The first-order valence-electron chi connectivity index (χ1n) is 5.15. The van der Waals surface area contributed by atoms with E-state index in [2.05, 4.69) is 4.98 Å². The van der Waals surface area contributed by atoms with Gasteiger partial charge in [-0.2, -0.15) is 4.31 Å². The molecule has 0 aliphatic carbocycles. The summed E-state index contributed by atoms with van der Waals surface area (Å²) in [5.74, 6) is 0. The van der Waals surface area contributed by atoms with Crippen LogP contribution in [0.25, 0.3) is 0 Å². The van der Waals surface area contributed by atoms with Crippen LogP contribution < -0.4 is 5.73 Å². The van der Waals surface area contributed by atoms with Crippen LogP contribution in [0.15, 0.2) is 23.2 Å². The van der Waals surface area contributed by atoms with E-state index in [4.69, 9.17) is 23.1 Å². The van der Waals surface area contributed by atoms with Crippen LogP contribution in [0.4, 0.5) is 0 Å². The van der Waals surface area contributed by atoms with Crippen molar-refractivity contribution in [2.75, 3.05) is 13.7 Å². The second kappa shape index (κ2) is 5.70. The Morgan fingerprint density at radius 2 is 2.22 bits per heavy atom. The smallest absolute Gasteiger partial charge is 0.244 e. The summed E-state index contributed by atoms with van der Waals surface area (Å²) >= 11 is 4.73. The minimum Gasteiger partial charge on any atom is -0.395 e. The van der Waals surface area contributed by atoms with Gasteiger partial charge in [-0.15, -0.1) is 0 Å². The molecule has 0 amide bonds. The van der Waals surface area contributed by atoms with Crippen LogP contribution >= 0.6 is 12.2 Å². The van der Waals surface area contributed by atoms with Gasteiger partial charge < -0.3 is 10.8 Å². The first-order valence-corrected chi connectivity index (χ1v) is 7.00. The molecule has 0 aromatic carbocycles. The van der Waals surface area contributed by atoms with Crippen molar-refractivity contribution in [3.63, 3.8) is 0 Å². The van der Waals surface area contributed by atoms with Gasteiger partial charge in [-0.1, -0.05) is 12.2 Å². The predicted molar refractivity (Wildman–Crippen MR) is 71.6 cm³/mol. The van der Waals surface area contributed by atoms with Gasteiger partial charge in [-0.05, 0) is 19.1 Å². The fourth-order valence-corrected chi connectivity index (χ4v) is 2.62. The molecule has 1 rings (SSSR count). The van der Waals surface area contributed by atoms with E-state index in [1.807, 2.05) is 0 Å². The molecular weight excluding hydrogens is 274 g/mol. The summed E-state index contributed by atoms with van der Waals surface area (Å²) in [7, 11) is -2.27. The summed E-state index contributed by atoms with van der Waals surface area (Å²) in [5, 5.41) is 8.98. The van der Waals surface area contributed by atoms with E-state index in [1.165, 1.54) is 25.4 Å². The standard InChI is InChI=1S/C10H15N3O3S2/c1-7(6-14)13(2)18(15,16)8-3-4-9(10(11)17)12-5-8/h3-5,7,14H,6H2,1-2H3,(H2,11,17). The molecule has 1 aromatic rings. The Balaban J connectivity index is 3.09. The molecule has 3 N–H and O–H groups in total. The minimum atomic E-state index is -3.67. The van der Waals surface area contributed by atoms with Crippen molar-refractivity contribution in [1.29, 1.82) is 0 Å². The zero-order chi connectivity index (χ0) is 13.9. The van der Waals surface area contributed by atoms with Crippen LogP contribution in [0, 0.1) is 0 Å². The fraction of sp³-hybridized carbons (Fsp3) is 0.400. The highest BCUT2D eigenvalue weighted by molar-refractivity contribution is 7.89. The SMILES string of the molecule is CC(CO)N(C)S(=O)(=O)c1ccc(C(N)=S)nc1. The molecule has 1 atom stereocenters. The number of nitrogens with two attached hydrogens (primary N) is 1. The summed E-state index contributed by atoms with van der Waals surface area (Å²) in [6.07, 6.45) is 1.20. The van der Waals surface area contributed by atoms with Crippen molar-refractivity contribution in [2.24, 2.45) is 5.73 Å². The third-order valence-corrected chi connectivity index (χ3v) is 4.72. The number of hydrogen-bond acceptors (Lipinski definition) is 5. The summed E-state index contributed by atoms with van der Waals surface area (Å²) in [6, 6.07) is 2.33. The zero-order valence-electron chi connectivity index (χ0n) is 10.1. The Kier molecular flexibility index (Phi) is 4.74. The normalized spacial score (nSPS) is 13.6. The van der Waals surface area contributed by atoms with Crippen LogP contribution in [-0.4, -0.2) is 47.5 Å². The lowest BCUT2D eigenvalue weighted by Gasteiger charge is -2.22. The molecule has 0 spiro atoms. The predicted octanol–water partition coefficient (Wildman–Crippen LogP) is -0.283. The largest absolute Gasteiger partial charge is 0.395 e. The third kappa shape index (κ3) is 3.02. The Morgan fingerprint density at radius 3 is 2.61 bits per heavy atom. The average molecular weight is 289 g/mol. The number of hydrogen-bond donors (Lipinski definition) is 2. The van der Waals surface area contributed by atoms with Crippen molar-refractivity contribution in [3.8, 4) is 0 Å². The van der Waals surface area contributed by atoms with Crippen LogP contribution in [0.3, 0.4) is 0 Å². The lowest BCUT2D eigenvalue weighted by Crippen LogP contribution is -2.37. The maximum absolute atomic E-state index is 12.1. The van der Waals surface area contributed by atoms with Gasteiger partial charge in [0.2, 0.25) is 10.0 Å². The van der Waals surface area contributed by atoms with E-state index in [9.17, 15) is 8.42 Å². The number of thiocarbonyl (C=S) groups is 1. The Morgan fingerprint density at radius 1 is 1.61 bits per heavy atom. The maximum Gasteiger partial charge on any atom is 0.244 e. The van der Waals surface area contributed by atoms with Crippen molar-refractivity contribution in [3.05, 3.63) is 24.0 Å². The number of likely N-dealkylation sites (N-methyl/N-ethyl adjacent to an activating group) is 1. The van der Waals surface area contributed by atoms with Crippen LogP contribution in [0.1, 0.15) is 12.6 Å². The molecular formula is C10H15N3O3S2. The topological polar surface area (TPSA) is 96.5 Å². The second-order valence-corrected chi connectivity index (χ2v) is 6.23. The number of aliphatic hydroxyl groups excluding tert-OH is 1. The highest BCUT2D eigenvalue weighted by Crippen LogP contribution is 2.15. The van der Waals surface area contributed by atoms with E-state index < -0.39 is 16.1 Å². The fourth-order valence-electron chi connectivity index (χ4n) is 1.20. The molecule has 0 bridgehead atoms. The van der Waals surface area contributed by atoms with Crippen molar-refractivity contribution < 1.29 is 13.5 Å². The second-order valence-electron chi connectivity index (χ2n) is 3.80. The molecule has 0 aliphatic heterocycles. The monoisotopic (exact) mass is 289 g/mol. The number of rotatable bonds is 5. The summed E-state index contributed by atoms with van der Waals surface area (Å²) in [4.78, 5) is 4.02. The Labute approximate surface area is 111 Å². The molecule has 8 heteroatoms. The molecule has 1 aromatic heterocycles. The van der Waals surface area contributed by atoms with E-state index in [0.29, 0.717) is 5.69 Å². The van der Waals surface area contributed by atoms with E-state index in [1.54, 1.807) is 6.92 Å². The third-order valence-electron chi connectivity index (χ3n) is 2.55.